The average Bonchev–Trinajstić information content (AvgIpc) is 3.10. The van der Waals surface area contributed by atoms with E-state index in [2.05, 4.69) is 37.2 Å². The summed E-state index contributed by atoms with van der Waals surface area (Å²) in [6.07, 6.45) is 1.53. The summed E-state index contributed by atoms with van der Waals surface area (Å²) in [6, 6.07) is -6.66. The lowest BCUT2D eigenvalue weighted by Crippen LogP contribution is -2.61. The second kappa shape index (κ2) is 24.9. The highest BCUT2D eigenvalue weighted by Crippen LogP contribution is 2.13. The van der Waals surface area contributed by atoms with Gasteiger partial charge in [-0.15, -0.1) is 0 Å². The minimum atomic E-state index is -1.51. The molecule has 0 saturated heterocycles. The van der Waals surface area contributed by atoms with Crippen molar-refractivity contribution >= 4 is 47.3 Å². The van der Waals surface area contributed by atoms with E-state index in [-0.39, 0.29) is 36.5 Å². The van der Waals surface area contributed by atoms with Crippen LogP contribution in [-0.4, -0.2) is 113 Å². The number of aliphatic hydroxyl groups is 1. The lowest BCUT2D eigenvalue weighted by molar-refractivity contribution is -0.138. The molecule has 310 valence electrons. The van der Waals surface area contributed by atoms with Crippen molar-refractivity contribution in [2.45, 2.75) is 131 Å². The lowest BCUT2D eigenvalue weighted by Gasteiger charge is -2.30. The molecule has 0 aliphatic heterocycles. The summed E-state index contributed by atoms with van der Waals surface area (Å²) in [7, 11) is 0. The minimum Gasteiger partial charge on any atom is -0.480 e. The number of hydrogen-bond donors (Lipinski definition) is 10. The normalized spacial score (nSPS) is 15.8. The molecule has 18 heteroatoms. The number of amides is 7. The van der Waals surface area contributed by atoms with Gasteiger partial charge in [0.15, 0.2) is 0 Å². The van der Waals surface area contributed by atoms with E-state index in [4.69, 9.17) is 10.8 Å². The number of nitrogens with two attached hydrogens (primary N) is 1. The molecule has 7 amide bonds. The van der Waals surface area contributed by atoms with Crippen molar-refractivity contribution in [1.29, 1.82) is 0 Å². The molecule has 0 unspecified atom stereocenters. The van der Waals surface area contributed by atoms with Crippen molar-refractivity contribution in [3.8, 4) is 0 Å². The molecule has 11 N–H and O–H groups in total. The summed E-state index contributed by atoms with van der Waals surface area (Å²) >= 11 is 0. The van der Waals surface area contributed by atoms with Crippen molar-refractivity contribution in [2.75, 3.05) is 19.7 Å². The standard InChI is InChI=1S/C36H66N8O10/c1-11-21(9)28(37)34(52)44-30(22(10)12-2)36(54)43-29(20(7)8)35(53)42-24(14-19(5)6)31(49)38-15-26(46)40-25(17-45)33(51)41-23(13-18(3)4)32(50)39-16-27(47)48/h18-25,28-30,45H,11-17,37H2,1-10H3,(H,38,49)(H,39,50)(H,40,46)(H,41,51)(H,42,53)(H,43,54)(H,44,52)(H,47,48)/t21-,22-,23-,24-,25-,28-,29-,30-/m0/s1. The Morgan fingerprint density at radius 2 is 0.981 bits per heavy atom. The first-order valence-electron chi connectivity index (χ1n) is 18.7. The Morgan fingerprint density at radius 3 is 1.41 bits per heavy atom. The van der Waals surface area contributed by atoms with E-state index in [1.807, 2.05) is 34.6 Å². The molecule has 0 saturated carbocycles. The SMILES string of the molecule is CC[C@H](C)[C@H](N)C(=O)N[C@H](C(=O)N[C@H](C(=O)N[C@@H](CC(C)C)C(=O)NCC(=O)N[C@@H](CO)C(=O)N[C@@H](CC(C)C)C(=O)NCC(=O)O)C(C)C)[C@@H](C)CC. The third kappa shape index (κ3) is 18.1. The van der Waals surface area contributed by atoms with Crippen LogP contribution in [0.4, 0.5) is 0 Å². The van der Waals surface area contributed by atoms with E-state index >= 15 is 0 Å². The van der Waals surface area contributed by atoms with Crippen LogP contribution in [0, 0.1) is 29.6 Å². The molecule has 0 fully saturated rings. The number of carbonyl (C=O) groups excluding carboxylic acids is 7. The molecule has 0 radical (unpaired) electrons. The summed E-state index contributed by atoms with van der Waals surface area (Å²) in [5.74, 6) is -7.24. The van der Waals surface area contributed by atoms with E-state index in [0.717, 1.165) is 0 Å². The van der Waals surface area contributed by atoms with E-state index < -0.39 is 109 Å². The van der Waals surface area contributed by atoms with Crippen LogP contribution in [0.5, 0.6) is 0 Å². The molecule has 0 rings (SSSR count). The maximum absolute atomic E-state index is 13.6. The molecule has 8 atom stereocenters. The molecule has 0 heterocycles. The largest absolute Gasteiger partial charge is 0.480 e. The van der Waals surface area contributed by atoms with Gasteiger partial charge in [-0.25, -0.2) is 0 Å². The van der Waals surface area contributed by atoms with E-state index in [1.165, 1.54) is 0 Å². The Morgan fingerprint density at radius 1 is 0.537 bits per heavy atom. The third-order valence-corrected chi connectivity index (χ3v) is 8.95. The summed E-state index contributed by atoms with van der Waals surface area (Å²) in [4.78, 5) is 102. The highest BCUT2D eigenvalue weighted by atomic mass is 16.4. The van der Waals surface area contributed by atoms with Crippen LogP contribution in [0.1, 0.15) is 94.9 Å². The van der Waals surface area contributed by atoms with Gasteiger partial charge in [0, 0.05) is 0 Å². The molecule has 0 aliphatic rings. The van der Waals surface area contributed by atoms with Gasteiger partial charge in [-0.1, -0.05) is 82.1 Å². The van der Waals surface area contributed by atoms with E-state index in [9.17, 15) is 43.5 Å². The highest BCUT2D eigenvalue weighted by Gasteiger charge is 2.35. The van der Waals surface area contributed by atoms with Crippen molar-refractivity contribution in [3.63, 3.8) is 0 Å². The third-order valence-electron chi connectivity index (χ3n) is 8.95. The van der Waals surface area contributed by atoms with Crippen LogP contribution in [0.15, 0.2) is 0 Å². The number of carboxylic acid groups (broad SMARTS) is 1. The molecular formula is C36H66N8O10. The Hall–Kier alpha value is -4.32. The van der Waals surface area contributed by atoms with Crippen LogP contribution in [0.25, 0.3) is 0 Å². The van der Waals surface area contributed by atoms with Crippen molar-refractivity contribution in [1.82, 2.24) is 37.2 Å². The van der Waals surface area contributed by atoms with E-state index in [0.29, 0.717) is 12.8 Å². The molecule has 0 bridgehead atoms. The zero-order chi connectivity index (χ0) is 41.9. The Bertz CT molecular complexity index is 1280. The average molecular weight is 771 g/mol. The first-order valence-corrected chi connectivity index (χ1v) is 18.7. The van der Waals surface area contributed by atoms with Crippen molar-refractivity contribution in [3.05, 3.63) is 0 Å². The van der Waals surface area contributed by atoms with Crippen molar-refractivity contribution < 1.29 is 48.6 Å². The predicted octanol–water partition coefficient (Wildman–Crippen LogP) is -1.11. The van der Waals surface area contributed by atoms with Gasteiger partial charge in [-0.05, 0) is 42.4 Å². The summed E-state index contributed by atoms with van der Waals surface area (Å²) in [5.41, 5.74) is 6.10. The lowest BCUT2D eigenvalue weighted by atomic mass is 9.94. The predicted molar refractivity (Wildman–Crippen MR) is 201 cm³/mol. The quantitative estimate of drug-likeness (QED) is 0.0531. The Labute approximate surface area is 319 Å². The maximum Gasteiger partial charge on any atom is 0.322 e. The number of carboxylic acids is 1. The first kappa shape index (κ1) is 49.7. The van der Waals surface area contributed by atoms with Gasteiger partial charge >= 0.3 is 5.97 Å². The Kier molecular flexibility index (Phi) is 22.9. The number of aliphatic carboxylic acids is 1. The highest BCUT2D eigenvalue weighted by molar-refractivity contribution is 5.96. The molecular weight excluding hydrogens is 704 g/mol. The van der Waals surface area contributed by atoms with Crippen LogP contribution in [0.3, 0.4) is 0 Å². The van der Waals surface area contributed by atoms with Gasteiger partial charge in [0.25, 0.3) is 0 Å². The number of rotatable bonds is 25. The van der Waals surface area contributed by atoms with Crippen LogP contribution >= 0.6 is 0 Å². The molecule has 0 aromatic rings. The Balaban J connectivity index is 5.72. The zero-order valence-electron chi connectivity index (χ0n) is 33.5. The van der Waals surface area contributed by atoms with Crippen LogP contribution < -0.4 is 43.0 Å². The smallest absolute Gasteiger partial charge is 0.322 e. The molecule has 54 heavy (non-hydrogen) atoms. The molecule has 0 aliphatic carbocycles. The van der Waals surface area contributed by atoms with Gasteiger partial charge in [-0.3, -0.25) is 38.4 Å². The number of carbonyl (C=O) groups is 8. The second-order valence-corrected chi connectivity index (χ2v) is 15.0. The van der Waals surface area contributed by atoms with Crippen LogP contribution in [0.2, 0.25) is 0 Å². The molecule has 0 spiro atoms. The van der Waals surface area contributed by atoms with Gasteiger partial charge < -0.3 is 53.2 Å². The van der Waals surface area contributed by atoms with Gasteiger partial charge in [0.1, 0.15) is 36.8 Å². The van der Waals surface area contributed by atoms with E-state index in [1.54, 1.807) is 34.6 Å². The van der Waals surface area contributed by atoms with Gasteiger partial charge in [0.2, 0.25) is 41.4 Å². The number of nitrogens with one attached hydrogen (secondary N) is 7. The monoisotopic (exact) mass is 770 g/mol. The molecule has 0 aromatic heterocycles. The summed E-state index contributed by atoms with van der Waals surface area (Å²) < 4.78 is 0. The fraction of sp³-hybridized carbons (Fsp3) is 0.778. The fourth-order valence-corrected chi connectivity index (χ4v) is 5.20. The molecule has 18 nitrogen and oxygen atoms in total. The fourth-order valence-electron chi connectivity index (χ4n) is 5.20. The zero-order valence-corrected chi connectivity index (χ0v) is 33.5. The topological polar surface area (TPSA) is 287 Å². The van der Waals surface area contributed by atoms with Gasteiger partial charge in [-0.2, -0.15) is 0 Å². The maximum atomic E-state index is 13.6. The van der Waals surface area contributed by atoms with Gasteiger partial charge in [0.05, 0.1) is 19.2 Å². The molecule has 0 aromatic carbocycles. The summed E-state index contributed by atoms with van der Waals surface area (Å²) in [5, 5.41) is 36.1. The van der Waals surface area contributed by atoms with Crippen molar-refractivity contribution in [2.24, 2.45) is 35.3 Å². The summed E-state index contributed by atoms with van der Waals surface area (Å²) in [6.45, 7) is 15.9. The second-order valence-electron chi connectivity index (χ2n) is 15.0. The minimum absolute atomic E-state index is 0.0808. The first-order chi connectivity index (χ1) is 25.1. The van der Waals surface area contributed by atoms with Crippen LogP contribution in [-0.2, 0) is 38.4 Å². The number of aliphatic hydroxyl groups excluding tert-OH is 1. The number of hydrogen-bond acceptors (Lipinski definition) is 10.